The van der Waals surface area contributed by atoms with Crippen molar-refractivity contribution in [3.8, 4) is 79.0 Å². The van der Waals surface area contributed by atoms with E-state index < -0.39 is 29.6 Å². The van der Waals surface area contributed by atoms with E-state index in [0.29, 0.717) is 135 Å². The minimum Gasteiger partial charge on any atom is -0.457 e. The Kier molecular flexibility index (Phi) is 17.6. The van der Waals surface area contributed by atoms with Crippen molar-refractivity contribution >= 4 is 73.0 Å². The number of carbonyl (C=O) groups excluding carboxylic acids is 3. The second-order valence-corrected chi connectivity index (χ2v) is 25.1. The van der Waals surface area contributed by atoms with Gasteiger partial charge in [-0.1, -0.05) is 36.4 Å². The first kappa shape index (κ1) is 67.2. The fraction of sp³-hybridized carbons (Fsp3) is 0.160. The van der Waals surface area contributed by atoms with E-state index in [9.17, 15) is 58.2 Å². The number of cyclic esters (lactones) is 3. The average Bonchev–Trinajstić information content (AvgIpc) is 1.72. The van der Waals surface area contributed by atoms with Gasteiger partial charge in [0.1, 0.15) is 19.8 Å². The van der Waals surface area contributed by atoms with E-state index in [2.05, 4.69) is 15.6 Å². The summed E-state index contributed by atoms with van der Waals surface area (Å²) in [6, 6.07) is 45.2. The van der Waals surface area contributed by atoms with Crippen molar-refractivity contribution in [3.63, 3.8) is 0 Å². The van der Waals surface area contributed by atoms with Gasteiger partial charge in [0.2, 0.25) is 20.4 Å². The fourth-order valence-corrected chi connectivity index (χ4v) is 14.4. The quantitative estimate of drug-likeness (QED) is 0.0371. The van der Waals surface area contributed by atoms with Crippen LogP contribution >= 0.6 is 0 Å². The SMILES string of the molecule is O=C1OCc2c1c(-c1ccc3c(c1)OCO3)c1cc(CO)c(CO)cc1c2-c1ccncc1.O=C1OCc2c1c(-c1ccc3c(c1)OCO3)c1cc(CO)c(CO)cc1c2Nc1ccc(C(F)(F)F)cc1.O=C1OCc2c1c(-c1ccc3c(c1)OCO3)c1cc(CO)c(CO)cc1c2Nc1ccccc1. The number of halogens is 3. The van der Waals surface area contributed by atoms with Gasteiger partial charge in [0.25, 0.3) is 0 Å². The van der Waals surface area contributed by atoms with Crippen molar-refractivity contribution in [2.75, 3.05) is 31.0 Å². The van der Waals surface area contributed by atoms with Crippen LogP contribution < -0.4 is 39.1 Å². The highest BCUT2D eigenvalue weighted by molar-refractivity contribution is 6.19. The van der Waals surface area contributed by atoms with Gasteiger partial charge in [-0.05, 0) is 204 Å². The predicted molar refractivity (Wildman–Crippen MR) is 377 cm³/mol. The molecule has 0 atom stereocenters. The predicted octanol–water partition coefficient (Wildman–Crippen LogP) is 14.2. The number of para-hydroxylation sites is 1. The Morgan fingerprint density at radius 1 is 0.333 bits per heavy atom. The van der Waals surface area contributed by atoms with Crippen molar-refractivity contribution in [2.24, 2.45) is 0 Å². The molecule has 0 fully saturated rings. The molecular formula is C81H60F3N3O18. The van der Waals surface area contributed by atoms with Gasteiger partial charge in [-0.2, -0.15) is 13.2 Å². The molecule has 0 spiro atoms. The first-order valence-corrected chi connectivity index (χ1v) is 33.1. The number of hydrogen-bond donors (Lipinski definition) is 8. The number of nitrogens with zero attached hydrogens (tertiary/aromatic N) is 1. The summed E-state index contributed by atoms with van der Waals surface area (Å²) in [4.78, 5) is 43.2. The third-order valence-corrected chi connectivity index (χ3v) is 19.4. The summed E-state index contributed by atoms with van der Waals surface area (Å²) >= 11 is 0. The van der Waals surface area contributed by atoms with Gasteiger partial charge in [0, 0.05) is 67.9 Å². The topological polar surface area (TPSA) is 293 Å². The minimum absolute atomic E-state index is 0.0547. The Hall–Kier alpha value is -12.3. The van der Waals surface area contributed by atoms with E-state index in [0.717, 1.165) is 78.4 Å². The fourth-order valence-electron chi connectivity index (χ4n) is 14.4. The lowest BCUT2D eigenvalue weighted by Gasteiger charge is -2.20. The zero-order valence-corrected chi connectivity index (χ0v) is 55.3. The number of aliphatic hydroxyl groups excluding tert-OH is 6. The number of anilines is 4. The van der Waals surface area contributed by atoms with Gasteiger partial charge < -0.3 is 83.9 Å². The summed E-state index contributed by atoms with van der Waals surface area (Å²) in [5, 5.41) is 70.9. The molecule has 12 aromatic rings. The van der Waals surface area contributed by atoms with Gasteiger partial charge >= 0.3 is 24.1 Å². The standard InChI is InChI=1S/C28H20F3NO6.C27H21NO6.C26H19NO6/c29-28(30,31)17-2-4-18(5-3-17)32-26-20-8-16(11-34)15(10-33)7-19(20)24(25-21(26)12-36-27(25)35)14-1-6-22-23(9-14)38-13-37-22;29-11-16-8-19-20(9-17(16)12-30)26(28-18-4-2-1-3-5-18)21-13-32-27(31)25(21)24(19)15-6-7-22-23(10-15)34-14-33-22;28-10-16-7-18-19(8-17(16)11-29)24(15-1-2-21-22(9-15)33-13-32-21)25-20(12-31-26(25)30)23(18)14-3-5-27-6-4-14/h1-9,32-34H,10-13H2;1-10,28-30H,11-14H2;1-9,28-29H,10-13H2. The van der Waals surface area contributed by atoms with Crippen LogP contribution in [-0.4, -0.2) is 73.9 Å². The zero-order chi connectivity index (χ0) is 72.4. The molecule has 0 bridgehead atoms. The Morgan fingerprint density at radius 3 is 1.05 bits per heavy atom. The van der Waals surface area contributed by atoms with Crippen LogP contribution in [-0.2, 0) is 79.8 Å². The Morgan fingerprint density at radius 2 is 0.667 bits per heavy atom. The monoisotopic (exact) mass is 1420 g/mol. The molecule has 18 rings (SSSR count). The number of pyridine rings is 1. The van der Waals surface area contributed by atoms with Gasteiger partial charge in [0.05, 0.1) is 73.3 Å². The van der Waals surface area contributed by atoms with Crippen LogP contribution in [0.4, 0.5) is 35.9 Å². The Bertz CT molecular complexity index is 5560. The maximum atomic E-state index is 13.1. The zero-order valence-electron chi connectivity index (χ0n) is 55.3. The number of fused-ring (bicyclic) bond motifs is 9. The van der Waals surface area contributed by atoms with E-state index in [-0.39, 0.29) is 79.8 Å². The minimum atomic E-state index is -4.48. The van der Waals surface area contributed by atoms with E-state index in [1.807, 2.05) is 103 Å². The molecule has 21 nitrogen and oxygen atoms in total. The molecule has 0 aliphatic carbocycles. The molecule has 6 aliphatic heterocycles. The molecule has 6 aliphatic rings. The van der Waals surface area contributed by atoms with Crippen molar-refractivity contribution in [2.45, 2.75) is 65.6 Å². The lowest BCUT2D eigenvalue weighted by Crippen LogP contribution is -2.06. The highest BCUT2D eigenvalue weighted by Crippen LogP contribution is 2.52. The van der Waals surface area contributed by atoms with Crippen LogP contribution in [0.3, 0.4) is 0 Å². The van der Waals surface area contributed by atoms with Gasteiger partial charge in [-0.25, -0.2) is 14.4 Å². The number of esters is 3. The summed E-state index contributed by atoms with van der Waals surface area (Å²) in [5.41, 5.74) is 14.2. The smallest absolute Gasteiger partial charge is 0.416 e. The second-order valence-electron chi connectivity index (χ2n) is 25.1. The molecule has 7 heterocycles. The summed E-state index contributed by atoms with van der Waals surface area (Å²) in [7, 11) is 0. The van der Waals surface area contributed by atoms with Crippen LogP contribution in [0.5, 0.6) is 34.5 Å². The maximum absolute atomic E-state index is 13.1. The van der Waals surface area contributed by atoms with Crippen LogP contribution in [0.1, 0.15) is 86.7 Å². The molecular weight excluding hydrogens is 1360 g/mol. The molecule has 0 saturated carbocycles. The van der Waals surface area contributed by atoms with Crippen LogP contribution in [0.2, 0.25) is 0 Å². The van der Waals surface area contributed by atoms with Crippen molar-refractivity contribution in [3.05, 3.63) is 242 Å². The van der Waals surface area contributed by atoms with Crippen molar-refractivity contribution < 1.29 is 101 Å². The van der Waals surface area contributed by atoms with Crippen molar-refractivity contribution in [1.29, 1.82) is 0 Å². The van der Waals surface area contributed by atoms with Crippen LogP contribution in [0.25, 0.3) is 76.8 Å². The molecule has 1 aromatic heterocycles. The first-order valence-electron chi connectivity index (χ1n) is 33.1. The maximum Gasteiger partial charge on any atom is 0.416 e. The second kappa shape index (κ2) is 27.5. The number of aliphatic hydroxyl groups is 6. The highest BCUT2D eigenvalue weighted by atomic mass is 19.4. The number of aromatic nitrogens is 1. The third kappa shape index (κ3) is 12.0. The summed E-state index contributed by atoms with van der Waals surface area (Å²) < 4.78 is 88.7. The number of nitrogens with one attached hydrogen (secondary N) is 2. The first-order chi connectivity index (χ1) is 51.1. The molecule has 105 heavy (non-hydrogen) atoms. The molecule has 11 aromatic carbocycles. The van der Waals surface area contributed by atoms with Gasteiger partial charge in [0.15, 0.2) is 34.5 Å². The van der Waals surface area contributed by atoms with Crippen molar-refractivity contribution in [1.82, 2.24) is 4.98 Å². The van der Waals surface area contributed by atoms with E-state index in [1.54, 1.807) is 42.7 Å². The average molecular weight is 1420 g/mol. The molecule has 0 amide bonds. The van der Waals surface area contributed by atoms with E-state index in [1.165, 1.54) is 12.1 Å². The normalized spacial score (nSPS) is 13.9. The number of carbonyl (C=O) groups is 3. The lowest BCUT2D eigenvalue weighted by molar-refractivity contribution is -0.137. The molecule has 0 saturated heterocycles. The highest BCUT2D eigenvalue weighted by Gasteiger charge is 2.37. The van der Waals surface area contributed by atoms with Gasteiger partial charge in [-0.3, -0.25) is 4.98 Å². The molecule has 24 heteroatoms. The Balaban J connectivity index is 0.000000121. The largest absolute Gasteiger partial charge is 0.457 e. The molecule has 528 valence electrons. The number of ether oxygens (including phenoxy) is 9. The number of hydrogen-bond acceptors (Lipinski definition) is 21. The third-order valence-electron chi connectivity index (χ3n) is 19.4. The van der Waals surface area contributed by atoms with Gasteiger partial charge in [-0.15, -0.1) is 0 Å². The summed E-state index contributed by atoms with van der Waals surface area (Å²) in [6.07, 6.45) is -1.08. The van der Waals surface area contributed by atoms with E-state index >= 15 is 0 Å². The summed E-state index contributed by atoms with van der Waals surface area (Å²) in [5.74, 6) is 2.22. The molecule has 0 unspecified atom stereocenters. The van der Waals surface area contributed by atoms with E-state index in [4.69, 9.17) is 42.6 Å². The lowest BCUT2D eigenvalue weighted by atomic mass is 9.83. The Labute approximate surface area is 594 Å². The molecule has 8 N–H and O–H groups in total. The summed E-state index contributed by atoms with van der Waals surface area (Å²) in [6.45, 7) is -1.02. The number of alkyl halides is 3. The number of rotatable bonds is 14. The number of benzene rings is 11. The van der Waals surface area contributed by atoms with Crippen LogP contribution in [0, 0.1) is 0 Å². The van der Waals surface area contributed by atoms with Crippen LogP contribution in [0.15, 0.2) is 170 Å². The molecule has 0 radical (unpaired) electrons.